The van der Waals surface area contributed by atoms with Crippen LogP contribution in [0.3, 0.4) is 0 Å². The van der Waals surface area contributed by atoms with Gasteiger partial charge in [-0.05, 0) is 53.2 Å². The standard InChI is InChI=1S/C14H15BrClNO/c15-12-8-4-7-11(13(12)16)14(18)17-9-10-5-2-1-3-6-10/h1-2,4,7-8,10H,3,5-6,9H2,(H,17,18). The Morgan fingerprint density at radius 3 is 3.00 bits per heavy atom. The molecule has 18 heavy (non-hydrogen) atoms. The number of hydrogen-bond acceptors (Lipinski definition) is 1. The first kappa shape index (κ1) is 13.6. The van der Waals surface area contributed by atoms with Gasteiger partial charge >= 0.3 is 0 Å². The Balaban J connectivity index is 1.95. The Labute approximate surface area is 121 Å². The number of amides is 1. The largest absolute Gasteiger partial charge is 0.352 e. The maximum Gasteiger partial charge on any atom is 0.252 e. The van der Waals surface area contributed by atoms with Gasteiger partial charge in [-0.1, -0.05) is 29.8 Å². The summed E-state index contributed by atoms with van der Waals surface area (Å²) >= 11 is 9.41. The van der Waals surface area contributed by atoms with E-state index in [0.717, 1.165) is 23.7 Å². The molecule has 0 spiro atoms. The molecule has 1 aromatic rings. The molecule has 1 atom stereocenters. The van der Waals surface area contributed by atoms with E-state index in [4.69, 9.17) is 11.6 Å². The highest BCUT2D eigenvalue weighted by molar-refractivity contribution is 9.10. The van der Waals surface area contributed by atoms with Crippen LogP contribution in [0.4, 0.5) is 0 Å². The molecule has 0 saturated carbocycles. The number of nitrogens with one attached hydrogen (secondary N) is 1. The van der Waals surface area contributed by atoms with Crippen LogP contribution < -0.4 is 5.32 Å². The fourth-order valence-corrected chi connectivity index (χ4v) is 2.63. The lowest BCUT2D eigenvalue weighted by molar-refractivity contribution is 0.0946. The van der Waals surface area contributed by atoms with Crippen LogP contribution in [0.2, 0.25) is 5.02 Å². The molecule has 1 amide bonds. The van der Waals surface area contributed by atoms with Gasteiger partial charge in [0.1, 0.15) is 0 Å². The SMILES string of the molecule is O=C(NCC1CC=CCC1)c1cccc(Br)c1Cl. The van der Waals surface area contributed by atoms with Gasteiger partial charge in [0.25, 0.3) is 5.91 Å². The Morgan fingerprint density at radius 1 is 1.44 bits per heavy atom. The van der Waals surface area contributed by atoms with Gasteiger partial charge in [-0.3, -0.25) is 4.79 Å². The summed E-state index contributed by atoms with van der Waals surface area (Å²) in [6, 6.07) is 5.38. The van der Waals surface area contributed by atoms with Gasteiger partial charge in [-0.2, -0.15) is 0 Å². The van der Waals surface area contributed by atoms with Crippen LogP contribution in [0.25, 0.3) is 0 Å². The van der Waals surface area contributed by atoms with Crippen molar-refractivity contribution in [2.24, 2.45) is 5.92 Å². The average Bonchev–Trinajstić information content (AvgIpc) is 2.40. The Hall–Kier alpha value is -0.800. The van der Waals surface area contributed by atoms with Gasteiger partial charge in [-0.15, -0.1) is 0 Å². The first-order chi connectivity index (χ1) is 8.68. The van der Waals surface area contributed by atoms with E-state index in [2.05, 4.69) is 33.4 Å². The molecule has 1 aliphatic rings. The van der Waals surface area contributed by atoms with Gasteiger partial charge in [0.05, 0.1) is 10.6 Å². The van der Waals surface area contributed by atoms with E-state index in [1.165, 1.54) is 0 Å². The fraction of sp³-hybridized carbons (Fsp3) is 0.357. The molecule has 0 radical (unpaired) electrons. The zero-order valence-electron chi connectivity index (χ0n) is 9.96. The van der Waals surface area contributed by atoms with Crippen LogP contribution >= 0.6 is 27.5 Å². The van der Waals surface area contributed by atoms with E-state index in [9.17, 15) is 4.79 Å². The van der Waals surface area contributed by atoms with E-state index < -0.39 is 0 Å². The molecule has 0 heterocycles. The molecule has 4 heteroatoms. The quantitative estimate of drug-likeness (QED) is 0.828. The molecule has 1 aliphatic carbocycles. The summed E-state index contributed by atoms with van der Waals surface area (Å²) in [6.45, 7) is 0.714. The lowest BCUT2D eigenvalue weighted by atomic mass is 9.94. The Bertz CT molecular complexity index is 473. The molecular formula is C14H15BrClNO. The number of benzene rings is 1. The van der Waals surface area contributed by atoms with Crippen LogP contribution in [0.1, 0.15) is 29.6 Å². The number of hydrogen-bond donors (Lipinski definition) is 1. The van der Waals surface area contributed by atoms with Crippen molar-refractivity contribution in [1.82, 2.24) is 5.32 Å². The minimum atomic E-state index is -0.101. The van der Waals surface area contributed by atoms with Gasteiger partial charge in [0, 0.05) is 11.0 Å². The molecular weight excluding hydrogens is 314 g/mol. The Morgan fingerprint density at radius 2 is 2.28 bits per heavy atom. The van der Waals surface area contributed by atoms with Crippen LogP contribution in [0.15, 0.2) is 34.8 Å². The highest BCUT2D eigenvalue weighted by Gasteiger charge is 2.15. The molecule has 0 fully saturated rings. The van der Waals surface area contributed by atoms with Crippen molar-refractivity contribution in [2.45, 2.75) is 19.3 Å². The second-order valence-electron chi connectivity index (χ2n) is 4.46. The molecule has 2 rings (SSSR count). The monoisotopic (exact) mass is 327 g/mol. The zero-order valence-corrected chi connectivity index (χ0v) is 12.3. The smallest absolute Gasteiger partial charge is 0.252 e. The molecule has 0 bridgehead atoms. The van der Waals surface area contributed by atoms with Crippen molar-refractivity contribution in [3.05, 3.63) is 45.4 Å². The molecule has 1 unspecified atom stereocenters. The third kappa shape index (κ3) is 3.36. The number of allylic oxidation sites excluding steroid dienone is 2. The predicted octanol–water partition coefficient (Wildman–Crippen LogP) is 4.19. The Kier molecular flexibility index (Phi) is 4.84. The highest BCUT2D eigenvalue weighted by Crippen LogP contribution is 2.26. The first-order valence-electron chi connectivity index (χ1n) is 6.05. The summed E-state index contributed by atoms with van der Waals surface area (Å²) in [6.07, 6.45) is 7.68. The second-order valence-corrected chi connectivity index (χ2v) is 5.69. The number of carbonyl (C=O) groups excluding carboxylic acids is 1. The topological polar surface area (TPSA) is 29.1 Å². The van der Waals surface area contributed by atoms with E-state index in [0.29, 0.717) is 23.0 Å². The third-order valence-electron chi connectivity index (χ3n) is 3.13. The first-order valence-corrected chi connectivity index (χ1v) is 7.23. The van der Waals surface area contributed by atoms with Crippen molar-refractivity contribution >= 4 is 33.4 Å². The van der Waals surface area contributed by atoms with Gasteiger partial charge in [0.2, 0.25) is 0 Å². The van der Waals surface area contributed by atoms with Crippen LogP contribution in [0.5, 0.6) is 0 Å². The molecule has 0 saturated heterocycles. The number of halogens is 2. The van der Waals surface area contributed by atoms with E-state index in [-0.39, 0.29) is 5.91 Å². The van der Waals surface area contributed by atoms with E-state index in [1.54, 1.807) is 6.07 Å². The molecule has 0 aliphatic heterocycles. The van der Waals surface area contributed by atoms with E-state index in [1.807, 2.05) is 12.1 Å². The van der Waals surface area contributed by atoms with Gasteiger partial charge in [0.15, 0.2) is 0 Å². The minimum absolute atomic E-state index is 0.101. The third-order valence-corrected chi connectivity index (χ3v) is 4.42. The van der Waals surface area contributed by atoms with Crippen molar-refractivity contribution in [2.75, 3.05) is 6.54 Å². The van der Waals surface area contributed by atoms with Crippen molar-refractivity contribution in [1.29, 1.82) is 0 Å². The predicted molar refractivity (Wildman–Crippen MR) is 78.0 cm³/mol. The summed E-state index contributed by atoms with van der Waals surface area (Å²) in [5.74, 6) is 0.445. The fourth-order valence-electron chi connectivity index (χ4n) is 2.05. The normalized spacial score (nSPS) is 18.7. The lowest BCUT2D eigenvalue weighted by Gasteiger charge is -2.18. The molecule has 96 valence electrons. The maximum atomic E-state index is 12.0. The highest BCUT2D eigenvalue weighted by atomic mass is 79.9. The summed E-state index contributed by atoms with van der Waals surface area (Å²) in [5, 5.41) is 3.43. The van der Waals surface area contributed by atoms with Crippen molar-refractivity contribution < 1.29 is 4.79 Å². The number of carbonyl (C=O) groups is 1. The summed E-state index contributed by atoms with van der Waals surface area (Å²) in [7, 11) is 0. The average molecular weight is 329 g/mol. The second kappa shape index (κ2) is 6.39. The molecule has 0 aromatic heterocycles. The summed E-state index contributed by atoms with van der Waals surface area (Å²) in [4.78, 5) is 12.0. The van der Waals surface area contributed by atoms with Gasteiger partial charge in [-0.25, -0.2) is 0 Å². The van der Waals surface area contributed by atoms with E-state index >= 15 is 0 Å². The lowest BCUT2D eigenvalue weighted by Crippen LogP contribution is -2.29. The molecule has 2 nitrogen and oxygen atoms in total. The van der Waals surface area contributed by atoms with Crippen molar-refractivity contribution in [3.8, 4) is 0 Å². The summed E-state index contributed by atoms with van der Waals surface area (Å²) < 4.78 is 0.748. The number of rotatable bonds is 3. The van der Waals surface area contributed by atoms with Crippen LogP contribution in [-0.2, 0) is 0 Å². The summed E-state index contributed by atoms with van der Waals surface area (Å²) in [5.41, 5.74) is 0.525. The molecule has 1 N–H and O–H groups in total. The van der Waals surface area contributed by atoms with Crippen LogP contribution in [0, 0.1) is 5.92 Å². The van der Waals surface area contributed by atoms with Gasteiger partial charge < -0.3 is 5.32 Å². The van der Waals surface area contributed by atoms with Crippen LogP contribution in [-0.4, -0.2) is 12.5 Å². The minimum Gasteiger partial charge on any atom is -0.352 e. The molecule has 1 aromatic carbocycles. The maximum absolute atomic E-state index is 12.0. The van der Waals surface area contributed by atoms with Crippen molar-refractivity contribution in [3.63, 3.8) is 0 Å². The zero-order chi connectivity index (χ0) is 13.0.